The Hall–Kier alpha value is -0.380. The molecule has 1 aromatic carbocycles. The van der Waals surface area contributed by atoms with E-state index in [1.165, 1.54) is 7.11 Å². The number of carbonyl (C=O) groups is 1. The van der Waals surface area contributed by atoms with Crippen LogP contribution in [0.2, 0.25) is 5.02 Å². The maximum atomic E-state index is 11.4. The maximum absolute atomic E-state index is 11.4. The molecule has 1 rings (SSSR count). The summed E-state index contributed by atoms with van der Waals surface area (Å²) in [6, 6.07) is 5.08. The Morgan fingerprint density at radius 2 is 2.31 bits per heavy atom. The van der Waals surface area contributed by atoms with Gasteiger partial charge in [-0.15, -0.1) is 0 Å². The maximum Gasteiger partial charge on any atom is 0.189 e. The van der Waals surface area contributed by atoms with Crippen LogP contribution in [-0.4, -0.2) is 19.5 Å². The molecular formula is C9H8BrClO2. The van der Waals surface area contributed by atoms with Gasteiger partial charge in [0.15, 0.2) is 5.78 Å². The van der Waals surface area contributed by atoms with Crippen LogP contribution in [0, 0.1) is 0 Å². The number of benzene rings is 1. The molecule has 0 bridgehead atoms. The number of hydrogen-bond acceptors (Lipinski definition) is 2. The van der Waals surface area contributed by atoms with Crippen molar-refractivity contribution in [1.29, 1.82) is 0 Å². The zero-order chi connectivity index (χ0) is 9.84. The number of ketones is 1. The number of halogens is 2. The molecule has 0 aliphatic heterocycles. The molecule has 0 aliphatic carbocycles. The van der Waals surface area contributed by atoms with E-state index in [4.69, 9.17) is 16.3 Å². The molecule has 1 aromatic rings. The summed E-state index contributed by atoms with van der Waals surface area (Å²) in [5.74, 6) is -0.0862. The van der Waals surface area contributed by atoms with E-state index in [0.29, 0.717) is 10.6 Å². The van der Waals surface area contributed by atoms with Gasteiger partial charge < -0.3 is 4.74 Å². The molecule has 0 fully saturated rings. The zero-order valence-electron chi connectivity index (χ0n) is 7.01. The van der Waals surface area contributed by atoms with Crippen LogP contribution in [0.25, 0.3) is 0 Å². The molecular weight excluding hydrogens is 255 g/mol. The van der Waals surface area contributed by atoms with Crippen molar-refractivity contribution >= 4 is 33.3 Å². The zero-order valence-corrected chi connectivity index (χ0v) is 9.35. The third kappa shape index (κ3) is 2.79. The SMILES string of the molecule is COCC(=O)c1cc(Cl)ccc1Br. The van der Waals surface area contributed by atoms with Crippen LogP contribution in [0.1, 0.15) is 10.4 Å². The molecule has 0 heterocycles. The number of methoxy groups -OCH3 is 1. The Balaban J connectivity index is 2.99. The Bertz CT molecular complexity index is 325. The number of ether oxygens (including phenoxy) is 1. The second kappa shape index (κ2) is 4.74. The lowest BCUT2D eigenvalue weighted by Gasteiger charge is -2.02. The van der Waals surface area contributed by atoms with Crippen LogP contribution in [0.15, 0.2) is 22.7 Å². The van der Waals surface area contributed by atoms with Crippen LogP contribution in [0.5, 0.6) is 0 Å². The molecule has 70 valence electrons. The summed E-state index contributed by atoms with van der Waals surface area (Å²) in [6.45, 7) is 0.0684. The smallest absolute Gasteiger partial charge is 0.189 e. The third-order valence-corrected chi connectivity index (χ3v) is 2.43. The minimum Gasteiger partial charge on any atom is -0.377 e. The molecule has 13 heavy (non-hydrogen) atoms. The molecule has 2 nitrogen and oxygen atoms in total. The summed E-state index contributed by atoms with van der Waals surface area (Å²) < 4.78 is 5.47. The van der Waals surface area contributed by atoms with Crippen molar-refractivity contribution < 1.29 is 9.53 Å². The Morgan fingerprint density at radius 1 is 1.62 bits per heavy atom. The quantitative estimate of drug-likeness (QED) is 0.784. The van der Waals surface area contributed by atoms with E-state index in [-0.39, 0.29) is 12.4 Å². The normalized spacial score (nSPS) is 10.1. The summed E-state index contributed by atoms with van der Waals surface area (Å²) in [6.07, 6.45) is 0. The second-order valence-corrected chi connectivity index (χ2v) is 3.77. The van der Waals surface area contributed by atoms with Gasteiger partial charge in [-0.1, -0.05) is 27.5 Å². The molecule has 0 unspecified atom stereocenters. The highest BCUT2D eigenvalue weighted by atomic mass is 79.9. The van der Waals surface area contributed by atoms with Gasteiger partial charge >= 0.3 is 0 Å². The van der Waals surface area contributed by atoms with Gasteiger partial charge in [0.25, 0.3) is 0 Å². The first-order valence-corrected chi connectivity index (χ1v) is 4.79. The summed E-state index contributed by atoms with van der Waals surface area (Å²) in [5, 5.41) is 0.544. The average molecular weight is 264 g/mol. The van der Waals surface area contributed by atoms with Crippen LogP contribution in [0.4, 0.5) is 0 Å². The minimum absolute atomic E-state index is 0.0684. The summed E-state index contributed by atoms with van der Waals surface area (Å²) in [7, 11) is 1.48. The minimum atomic E-state index is -0.0862. The lowest BCUT2D eigenvalue weighted by atomic mass is 10.1. The van der Waals surface area contributed by atoms with Crippen molar-refractivity contribution in [3.05, 3.63) is 33.3 Å². The fourth-order valence-corrected chi connectivity index (χ4v) is 1.56. The fourth-order valence-electron chi connectivity index (χ4n) is 0.920. The van der Waals surface area contributed by atoms with Gasteiger partial charge in [-0.3, -0.25) is 4.79 Å². The van der Waals surface area contributed by atoms with Gasteiger partial charge in [0.1, 0.15) is 6.61 Å². The number of Topliss-reactive ketones (excluding diaryl/α,β-unsaturated/α-hetero) is 1. The summed E-state index contributed by atoms with van der Waals surface area (Å²) in [4.78, 5) is 11.4. The van der Waals surface area contributed by atoms with Crippen molar-refractivity contribution in [3.8, 4) is 0 Å². The Morgan fingerprint density at radius 3 is 2.92 bits per heavy atom. The van der Waals surface area contributed by atoms with Crippen molar-refractivity contribution in [2.75, 3.05) is 13.7 Å². The molecule has 0 amide bonds. The first kappa shape index (κ1) is 10.7. The van der Waals surface area contributed by atoms with E-state index in [0.717, 1.165) is 4.47 Å². The van der Waals surface area contributed by atoms with E-state index in [1.807, 2.05) is 0 Å². The van der Waals surface area contributed by atoms with E-state index in [2.05, 4.69) is 15.9 Å². The van der Waals surface area contributed by atoms with Crippen LogP contribution < -0.4 is 0 Å². The number of hydrogen-bond donors (Lipinski definition) is 0. The highest BCUT2D eigenvalue weighted by molar-refractivity contribution is 9.10. The van der Waals surface area contributed by atoms with Gasteiger partial charge in [-0.2, -0.15) is 0 Å². The first-order valence-electron chi connectivity index (χ1n) is 3.62. The summed E-state index contributed by atoms with van der Waals surface area (Å²) in [5.41, 5.74) is 0.550. The van der Waals surface area contributed by atoms with Crippen LogP contribution in [-0.2, 0) is 4.74 Å². The number of rotatable bonds is 3. The van der Waals surface area contributed by atoms with E-state index in [1.54, 1.807) is 18.2 Å². The lowest BCUT2D eigenvalue weighted by molar-refractivity contribution is 0.0847. The molecule has 0 aromatic heterocycles. The molecule has 0 N–H and O–H groups in total. The Kier molecular flexibility index (Phi) is 3.90. The van der Waals surface area contributed by atoms with Gasteiger partial charge in [0, 0.05) is 22.2 Å². The molecule has 0 saturated carbocycles. The monoisotopic (exact) mass is 262 g/mol. The van der Waals surface area contributed by atoms with Crippen molar-refractivity contribution in [3.63, 3.8) is 0 Å². The molecule has 0 spiro atoms. The van der Waals surface area contributed by atoms with Crippen LogP contribution >= 0.6 is 27.5 Å². The molecule has 0 atom stereocenters. The standard InChI is InChI=1S/C9H8BrClO2/c1-13-5-9(12)7-4-6(11)2-3-8(7)10/h2-4H,5H2,1H3. The molecule has 4 heteroatoms. The third-order valence-electron chi connectivity index (χ3n) is 1.50. The molecule has 0 saturated heterocycles. The molecule has 0 aliphatic rings. The lowest BCUT2D eigenvalue weighted by Crippen LogP contribution is -2.07. The highest BCUT2D eigenvalue weighted by Gasteiger charge is 2.09. The molecule has 0 radical (unpaired) electrons. The van der Waals surface area contributed by atoms with Crippen molar-refractivity contribution in [2.45, 2.75) is 0 Å². The predicted octanol–water partition coefficient (Wildman–Crippen LogP) is 2.93. The fraction of sp³-hybridized carbons (Fsp3) is 0.222. The van der Waals surface area contributed by atoms with E-state index >= 15 is 0 Å². The Labute approximate surface area is 90.0 Å². The van der Waals surface area contributed by atoms with Crippen molar-refractivity contribution in [1.82, 2.24) is 0 Å². The van der Waals surface area contributed by atoms with Crippen molar-refractivity contribution in [2.24, 2.45) is 0 Å². The topological polar surface area (TPSA) is 26.3 Å². The largest absolute Gasteiger partial charge is 0.377 e. The summed E-state index contributed by atoms with van der Waals surface area (Å²) >= 11 is 9.01. The first-order chi connectivity index (χ1) is 6.15. The van der Waals surface area contributed by atoms with Gasteiger partial charge in [-0.25, -0.2) is 0 Å². The second-order valence-electron chi connectivity index (χ2n) is 2.48. The predicted molar refractivity (Wildman–Crippen MR) is 55.4 cm³/mol. The number of carbonyl (C=O) groups excluding carboxylic acids is 1. The van der Waals surface area contributed by atoms with E-state index in [9.17, 15) is 4.79 Å². The van der Waals surface area contributed by atoms with Crippen LogP contribution in [0.3, 0.4) is 0 Å². The highest BCUT2D eigenvalue weighted by Crippen LogP contribution is 2.21. The van der Waals surface area contributed by atoms with Gasteiger partial charge in [0.2, 0.25) is 0 Å². The van der Waals surface area contributed by atoms with Gasteiger partial charge in [-0.05, 0) is 18.2 Å². The van der Waals surface area contributed by atoms with Gasteiger partial charge in [0.05, 0.1) is 0 Å². The van der Waals surface area contributed by atoms with E-state index < -0.39 is 0 Å². The average Bonchev–Trinajstić information content (AvgIpc) is 2.09.